The molecule has 1 atom stereocenters. The molecule has 0 spiro atoms. The lowest BCUT2D eigenvalue weighted by molar-refractivity contribution is 0.266. The molecule has 0 amide bonds. The van der Waals surface area contributed by atoms with E-state index < -0.39 is 0 Å². The number of hydrogen-bond donors (Lipinski definition) is 2. The summed E-state index contributed by atoms with van der Waals surface area (Å²) in [6.45, 7) is 3.16. The zero-order valence-electron chi connectivity index (χ0n) is 9.56. The largest absolute Gasteiger partial charge is 0.394 e. The van der Waals surface area contributed by atoms with Crippen LogP contribution in [0.4, 0.5) is 11.6 Å². The van der Waals surface area contributed by atoms with Gasteiger partial charge in [0, 0.05) is 12.1 Å². The van der Waals surface area contributed by atoms with E-state index in [2.05, 4.69) is 14.9 Å². The van der Waals surface area contributed by atoms with Crippen LogP contribution in [0.5, 0.6) is 0 Å². The van der Waals surface area contributed by atoms with Crippen LogP contribution in [0.3, 0.4) is 0 Å². The van der Waals surface area contributed by atoms with Crippen LogP contribution in [0, 0.1) is 0 Å². The molecule has 5 heteroatoms. The normalized spacial score (nSPS) is 20.4. The zero-order chi connectivity index (χ0) is 11.5. The van der Waals surface area contributed by atoms with E-state index in [1.165, 1.54) is 6.33 Å². The second kappa shape index (κ2) is 4.65. The fourth-order valence-corrected chi connectivity index (χ4v) is 2.31. The number of rotatable bonds is 3. The third-order valence-electron chi connectivity index (χ3n) is 3.17. The van der Waals surface area contributed by atoms with E-state index in [9.17, 15) is 5.11 Å². The fourth-order valence-electron chi connectivity index (χ4n) is 2.31. The summed E-state index contributed by atoms with van der Waals surface area (Å²) >= 11 is 0. The summed E-state index contributed by atoms with van der Waals surface area (Å²) in [6.07, 6.45) is 4.43. The number of nitrogen functional groups attached to an aromatic ring is 1. The van der Waals surface area contributed by atoms with Gasteiger partial charge in [-0.2, -0.15) is 0 Å². The van der Waals surface area contributed by atoms with Crippen molar-refractivity contribution in [1.29, 1.82) is 0 Å². The van der Waals surface area contributed by atoms with E-state index in [4.69, 9.17) is 5.73 Å². The molecule has 1 aliphatic rings. The predicted octanol–water partition coefficient (Wildman–Crippen LogP) is 0.582. The molecule has 88 valence electrons. The Hall–Kier alpha value is -1.36. The molecular weight excluding hydrogens is 204 g/mol. The van der Waals surface area contributed by atoms with Gasteiger partial charge in [-0.1, -0.05) is 6.92 Å². The number of aliphatic hydroxyl groups is 1. The van der Waals surface area contributed by atoms with E-state index in [0.717, 1.165) is 37.2 Å². The first-order chi connectivity index (χ1) is 7.77. The summed E-state index contributed by atoms with van der Waals surface area (Å²) in [5, 5.41) is 9.31. The summed E-state index contributed by atoms with van der Waals surface area (Å²) < 4.78 is 0. The maximum Gasteiger partial charge on any atom is 0.137 e. The number of nitrogens with two attached hydrogens (primary N) is 1. The Balaban J connectivity index is 2.35. The van der Waals surface area contributed by atoms with Gasteiger partial charge in [0.25, 0.3) is 0 Å². The summed E-state index contributed by atoms with van der Waals surface area (Å²) in [6, 6.07) is 0.180. The molecule has 1 fully saturated rings. The molecule has 1 aromatic rings. The molecule has 0 bridgehead atoms. The minimum atomic E-state index is 0.174. The highest BCUT2D eigenvalue weighted by molar-refractivity contribution is 5.57. The van der Waals surface area contributed by atoms with Crippen LogP contribution in [0.1, 0.15) is 25.3 Å². The van der Waals surface area contributed by atoms with E-state index in [-0.39, 0.29) is 12.6 Å². The Labute approximate surface area is 95.3 Å². The second-order valence-electron chi connectivity index (χ2n) is 4.09. The maximum absolute atomic E-state index is 9.31. The van der Waals surface area contributed by atoms with Crippen molar-refractivity contribution in [3.05, 3.63) is 11.9 Å². The molecule has 2 rings (SSSR count). The van der Waals surface area contributed by atoms with Crippen molar-refractivity contribution in [2.75, 3.05) is 23.8 Å². The van der Waals surface area contributed by atoms with Crippen molar-refractivity contribution in [2.24, 2.45) is 0 Å². The van der Waals surface area contributed by atoms with Crippen LogP contribution in [0.2, 0.25) is 0 Å². The molecule has 5 nitrogen and oxygen atoms in total. The lowest BCUT2D eigenvalue weighted by atomic mass is 10.2. The van der Waals surface area contributed by atoms with Gasteiger partial charge in [0.05, 0.1) is 12.6 Å². The average Bonchev–Trinajstić information content (AvgIpc) is 2.76. The van der Waals surface area contributed by atoms with Crippen LogP contribution < -0.4 is 10.6 Å². The molecule has 0 aromatic carbocycles. The van der Waals surface area contributed by atoms with Gasteiger partial charge in [-0.15, -0.1) is 0 Å². The third-order valence-corrected chi connectivity index (χ3v) is 3.17. The monoisotopic (exact) mass is 222 g/mol. The van der Waals surface area contributed by atoms with Crippen LogP contribution in [-0.2, 0) is 6.42 Å². The zero-order valence-corrected chi connectivity index (χ0v) is 9.56. The first-order valence-electron chi connectivity index (χ1n) is 5.74. The quantitative estimate of drug-likeness (QED) is 0.782. The first kappa shape index (κ1) is 11.1. The highest BCUT2D eigenvalue weighted by Gasteiger charge is 2.27. The van der Waals surface area contributed by atoms with E-state index in [1.807, 2.05) is 6.92 Å². The Morgan fingerprint density at radius 3 is 3.06 bits per heavy atom. The summed E-state index contributed by atoms with van der Waals surface area (Å²) in [4.78, 5) is 10.5. The summed E-state index contributed by atoms with van der Waals surface area (Å²) in [5.41, 5.74) is 6.83. The first-order valence-corrected chi connectivity index (χ1v) is 5.74. The molecule has 0 radical (unpaired) electrons. The van der Waals surface area contributed by atoms with Gasteiger partial charge in [0.2, 0.25) is 0 Å². The Morgan fingerprint density at radius 1 is 1.56 bits per heavy atom. The molecule has 3 N–H and O–H groups in total. The Kier molecular flexibility index (Phi) is 3.24. The number of hydrogen-bond acceptors (Lipinski definition) is 5. The van der Waals surface area contributed by atoms with Crippen molar-refractivity contribution in [3.8, 4) is 0 Å². The van der Waals surface area contributed by atoms with Crippen molar-refractivity contribution < 1.29 is 5.11 Å². The average molecular weight is 222 g/mol. The molecule has 1 aromatic heterocycles. The van der Waals surface area contributed by atoms with Gasteiger partial charge in [-0.3, -0.25) is 0 Å². The second-order valence-corrected chi connectivity index (χ2v) is 4.09. The van der Waals surface area contributed by atoms with Crippen molar-refractivity contribution in [1.82, 2.24) is 9.97 Å². The summed E-state index contributed by atoms with van der Waals surface area (Å²) in [7, 11) is 0. The standard InChI is InChI=1S/C11H18N4O/c1-2-9-10(12)13-7-14-11(9)15-5-3-4-8(15)6-16/h7-8,16H,2-6H2,1H3,(H2,12,13,14). The Bertz CT molecular complexity index is 369. The van der Waals surface area contributed by atoms with Crippen LogP contribution >= 0.6 is 0 Å². The number of aliphatic hydroxyl groups excluding tert-OH is 1. The number of aromatic nitrogens is 2. The van der Waals surface area contributed by atoms with Gasteiger partial charge in [0.15, 0.2) is 0 Å². The number of anilines is 2. The van der Waals surface area contributed by atoms with Gasteiger partial charge < -0.3 is 15.7 Å². The highest BCUT2D eigenvalue weighted by atomic mass is 16.3. The van der Waals surface area contributed by atoms with Crippen molar-refractivity contribution in [2.45, 2.75) is 32.2 Å². The fraction of sp³-hybridized carbons (Fsp3) is 0.636. The molecule has 1 unspecified atom stereocenters. The van der Waals surface area contributed by atoms with E-state index >= 15 is 0 Å². The number of nitrogens with zero attached hydrogens (tertiary/aromatic N) is 3. The molecule has 1 aliphatic heterocycles. The minimum absolute atomic E-state index is 0.174. The lowest BCUT2D eigenvalue weighted by Gasteiger charge is -2.26. The minimum Gasteiger partial charge on any atom is -0.394 e. The third kappa shape index (κ3) is 1.82. The molecule has 2 heterocycles. The van der Waals surface area contributed by atoms with Crippen LogP contribution in [-0.4, -0.2) is 34.3 Å². The molecular formula is C11H18N4O. The Morgan fingerprint density at radius 2 is 2.38 bits per heavy atom. The molecule has 0 aliphatic carbocycles. The van der Waals surface area contributed by atoms with E-state index in [0.29, 0.717) is 5.82 Å². The predicted molar refractivity (Wildman–Crippen MR) is 63.3 cm³/mol. The van der Waals surface area contributed by atoms with Crippen molar-refractivity contribution >= 4 is 11.6 Å². The van der Waals surface area contributed by atoms with Gasteiger partial charge in [0.1, 0.15) is 18.0 Å². The van der Waals surface area contributed by atoms with Gasteiger partial charge in [-0.05, 0) is 19.3 Å². The highest BCUT2D eigenvalue weighted by Crippen LogP contribution is 2.28. The van der Waals surface area contributed by atoms with Crippen LogP contribution in [0.25, 0.3) is 0 Å². The van der Waals surface area contributed by atoms with Gasteiger partial charge in [-0.25, -0.2) is 9.97 Å². The van der Waals surface area contributed by atoms with Gasteiger partial charge >= 0.3 is 0 Å². The molecule has 0 saturated carbocycles. The molecule has 1 saturated heterocycles. The maximum atomic E-state index is 9.31. The topological polar surface area (TPSA) is 75.3 Å². The summed E-state index contributed by atoms with van der Waals surface area (Å²) in [5.74, 6) is 1.45. The smallest absolute Gasteiger partial charge is 0.137 e. The SMILES string of the molecule is CCc1c(N)ncnc1N1CCCC1CO. The lowest BCUT2D eigenvalue weighted by Crippen LogP contribution is -2.33. The van der Waals surface area contributed by atoms with Crippen LogP contribution in [0.15, 0.2) is 6.33 Å². The molecule has 16 heavy (non-hydrogen) atoms. The van der Waals surface area contributed by atoms with E-state index in [1.54, 1.807) is 0 Å². The van der Waals surface area contributed by atoms with Crippen molar-refractivity contribution in [3.63, 3.8) is 0 Å².